The summed E-state index contributed by atoms with van der Waals surface area (Å²) >= 11 is 0. The number of carboxylic acid groups (broad SMARTS) is 2. The molecule has 0 bridgehead atoms. The SMILES string of the molecule is O=C(O)C1=CC(C(=O)O)c2cccn21. The van der Waals surface area contributed by atoms with Crippen molar-refractivity contribution in [3.05, 3.63) is 30.1 Å². The van der Waals surface area contributed by atoms with Crippen LogP contribution in [0.2, 0.25) is 0 Å². The van der Waals surface area contributed by atoms with Crippen LogP contribution in [-0.2, 0) is 9.59 Å². The van der Waals surface area contributed by atoms with Crippen LogP contribution in [0.15, 0.2) is 24.4 Å². The van der Waals surface area contributed by atoms with Crippen molar-refractivity contribution >= 4 is 17.6 Å². The van der Waals surface area contributed by atoms with Crippen LogP contribution in [0.3, 0.4) is 0 Å². The van der Waals surface area contributed by atoms with Crippen LogP contribution in [0.5, 0.6) is 0 Å². The Balaban J connectivity index is 2.54. The molecule has 0 aromatic carbocycles. The number of nitrogens with zero attached hydrogens (tertiary/aromatic N) is 1. The van der Waals surface area contributed by atoms with Crippen molar-refractivity contribution < 1.29 is 19.8 Å². The fraction of sp³-hybridized carbons (Fsp3) is 0.111. The molecular formula is C9H7NO4. The maximum Gasteiger partial charge on any atom is 0.352 e. The first-order valence-corrected chi connectivity index (χ1v) is 3.97. The molecule has 1 aromatic heterocycles. The molecule has 0 aliphatic carbocycles. The van der Waals surface area contributed by atoms with Crippen LogP contribution in [0.25, 0.3) is 5.70 Å². The van der Waals surface area contributed by atoms with Gasteiger partial charge in [-0.3, -0.25) is 4.79 Å². The number of aromatic nitrogens is 1. The lowest BCUT2D eigenvalue weighted by Gasteiger charge is -2.01. The molecule has 14 heavy (non-hydrogen) atoms. The van der Waals surface area contributed by atoms with Crippen molar-refractivity contribution in [2.75, 3.05) is 0 Å². The molecule has 2 N–H and O–H groups in total. The molecule has 0 fully saturated rings. The quantitative estimate of drug-likeness (QED) is 0.720. The highest BCUT2D eigenvalue weighted by molar-refractivity contribution is 6.11. The summed E-state index contributed by atoms with van der Waals surface area (Å²) in [4.78, 5) is 21.5. The van der Waals surface area contributed by atoms with E-state index in [0.717, 1.165) is 0 Å². The van der Waals surface area contributed by atoms with E-state index in [4.69, 9.17) is 10.2 Å². The Bertz CT molecular complexity index is 443. The van der Waals surface area contributed by atoms with Gasteiger partial charge in [-0.25, -0.2) is 4.79 Å². The van der Waals surface area contributed by atoms with Crippen molar-refractivity contribution in [2.24, 2.45) is 0 Å². The summed E-state index contributed by atoms with van der Waals surface area (Å²) in [5.41, 5.74) is 0.479. The third-order valence-electron chi connectivity index (χ3n) is 2.17. The smallest absolute Gasteiger partial charge is 0.352 e. The van der Waals surface area contributed by atoms with E-state index in [0.29, 0.717) is 5.69 Å². The van der Waals surface area contributed by atoms with Gasteiger partial charge in [0, 0.05) is 11.9 Å². The van der Waals surface area contributed by atoms with E-state index in [9.17, 15) is 9.59 Å². The second kappa shape index (κ2) is 2.73. The Kier molecular flexibility index (Phi) is 1.67. The van der Waals surface area contributed by atoms with Crippen LogP contribution in [-0.4, -0.2) is 26.7 Å². The molecule has 0 radical (unpaired) electrons. The van der Waals surface area contributed by atoms with Crippen molar-refractivity contribution in [3.8, 4) is 0 Å². The minimum absolute atomic E-state index is 0.00241. The summed E-state index contributed by atoms with van der Waals surface area (Å²) in [6.07, 6.45) is 2.78. The maximum atomic E-state index is 10.8. The first-order valence-electron chi connectivity index (χ1n) is 3.97. The summed E-state index contributed by atoms with van der Waals surface area (Å²) < 4.78 is 1.38. The normalized spacial score (nSPS) is 18.9. The van der Waals surface area contributed by atoms with E-state index >= 15 is 0 Å². The molecule has 1 aromatic rings. The molecule has 2 rings (SSSR count). The van der Waals surface area contributed by atoms with Gasteiger partial charge in [0.2, 0.25) is 0 Å². The molecule has 0 saturated carbocycles. The minimum atomic E-state index is -1.12. The van der Waals surface area contributed by atoms with Gasteiger partial charge in [-0.15, -0.1) is 0 Å². The number of hydrogen-bond acceptors (Lipinski definition) is 2. The summed E-state index contributed by atoms with van der Waals surface area (Å²) in [5.74, 6) is -3.01. The lowest BCUT2D eigenvalue weighted by molar-refractivity contribution is -0.137. The minimum Gasteiger partial charge on any atom is -0.481 e. The van der Waals surface area contributed by atoms with Gasteiger partial charge < -0.3 is 14.8 Å². The van der Waals surface area contributed by atoms with Crippen LogP contribution >= 0.6 is 0 Å². The Labute approximate surface area is 78.9 Å². The molecule has 0 saturated heterocycles. The Morgan fingerprint density at radius 2 is 2.07 bits per heavy atom. The molecule has 72 valence electrons. The number of carbonyl (C=O) groups is 2. The standard InChI is InChI=1S/C9H7NO4/c11-8(12)5-4-7(9(13)14)10-3-1-2-6(5)10/h1-5H,(H,11,12)(H,13,14). The molecule has 1 unspecified atom stereocenters. The van der Waals surface area contributed by atoms with Crippen LogP contribution < -0.4 is 0 Å². The van der Waals surface area contributed by atoms with Crippen molar-refractivity contribution in [3.63, 3.8) is 0 Å². The molecule has 1 aliphatic heterocycles. The van der Waals surface area contributed by atoms with Crippen LogP contribution in [0, 0.1) is 0 Å². The number of carboxylic acids is 2. The number of fused-ring (bicyclic) bond motifs is 1. The first-order chi connectivity index (χ1) is 6.61. The molecule has 5 nitrogen and oxygen atoms in total. The Morgan fingerprint density at radius 1 is 1.36 bits per heavy atom. The van der Waals surface area contributed by atoms with E-state index in [1.54, 1.807) is 12.1 Å². The third kappa shape index (κ3) is 1.02. The highest BCUT2D eigenvalue weighted by atomic mass is 16.4. The van der Waals surface area contributed by atoms with Crippen LogP contribution in [0.4, 0.5) is 0 Å². The fourth-order valence-corrected chi connectivity index (χ4v) is 1.56. The molecule has 1 atom stereocenters. The Morgan fingerprint density at radius 3 is 2.64 bits per heavy atom. The van der Waals surface area contributed by atoms with Crippen molar-refractivity contribution in [1.82, 2.24) is 4.57 Å². The summed E-state index contributed by atoms with van der Waals surface area (Å²) in [6, 6.07) is 3.23. The van der Waals surface area contributed by atoms with Gasteiger partial charge in [-0.1, -0.05) is 0 Å². The van der Waals surface area contributed by atoms with E-state index in [1.165, 1.54) is 16.8 Å². The monoisotopic (exact) mass is 193 g/mol. The molecule has 0 spiro atoms. The second-order valence-electron chi connectivity index (χ2n) is 2.98. The third-order valence-corrected chi connectivity index (χ3v) is 2.17. The molecular weight excluding hydrogens is 186 g/mol. The molecule has 5 heteroatoms. The molecule has 0 amide bonds. The van der Waals surface area contributed by atoms with Crippen molar-refractivity contribution in [2.45, 2.75) is 5.92 Å². The zero-order valence-corrected chi connectivity index (χ0v) is 7.04. The van der Waals surface area contributed by atoms with Crippen LogP contribution in [0.1, 0.15) is 11.6 Å². The van der Waals surface area contributed by atoms with Gasteiger partial charge in [0.1, 0.15) is 11.6 Å². The summed E-state index contributed by atoms with van der Waals surface area (Å²) in [6.45, 7) is 0. The highest BCUT2D eigenvalue weighted by Gasteiger charge is 2.30. The Hall–Kier alpha value is -2.04. The average molecular weight is 193 g/mol. The number of rotatable bonds is 2. The highest BCUT2D eigenvalue weighted by Crippen LogP contribution is 2.30. The summed E-state index contributed by atoms with van der Waals surface area (Å²) in [5, 5.41) is 17.6. The van der Waals surface area contributed by atoms with Gasteiger partial charge >= 0.3 is 11.9 Å². The first kappa shape index (κ1) is 8.55. The van der Waals surface area contributed by atoms with Gasteiger partial charge in [-0.2, -0.15) is 0 Å². The van der Waals surface area contributed by atoms with Gasteiger partial charge in [0.15, 0.2) is 0 Å². The lowest BCUT2D eigenvalue weighted by Crippen LogP contribution is -2.07. The van der Waals surface area contributed by atoms with Gasteiger partial charge in [-0.05, 0) is 18.2 Å². The lowest BCUT2D eigenvalue weighted by atomic mass is 10.1. The van der Waals surface area contributed by atoms with E-state index < -0.39 is 17.9 Å². The van der Waals surface area contributed by atoms with E-state index in [2.05, 4.69) is 0 Å². The van der Waals surface area contributed by atoms with E-state index in [-0.39, 0.29) is 5.70 Å². The molecule has 1 aliphatic rings. The number of aliphatic carboxylic acids is 2. The van der Waals surface area contributed by atoms with Gasteiger partial charge in [0.05, 0.1) is 0 Å². The topological polar surface area (TPSA) is 79.5 Å². The predicted molar refractivity (Wildman–Crippen MR) is 46.7 cm³/mol. The molecule has 2 heterocycles. The predicted octanol–water partition coefficient (Wildman–Crippen LogP) is 0.595. The van der Waals surface area contributed by atoms with Crippen molar-refractivity contribution in [1.29, 1.82) is 0 Å². The average Bonchev–Trinajstić information content (AvgIpc) is 2.59. The fourth-order valence-electron chi connectivity index (χ4n) is 1.56. The second-order valence-corrected chi connectivity index (χ2v) is 2.98. The maximum absolute atomic E-state index is 10.8. The van der Waals surface area contributed by atoms with E-state index in [1.807, 2.05) is 0 Å². The zero-order chi connectivity index (χ0) is 10.3. The number of hydrogen-bond donors (Lipinski definition) is 2. The summed E-state index contributed by atoms with van der Waals surface area (Å²) in [7, 11) is 0. The van der Waals surface area contributed by atoms with Gasteiger partial charge in [0.25, 0.3) is 0 Å². The zero-order valence-electron chi connectivity index (χ0n) is 7.04. The largest absolute Gasteiger partial charge is 0.481 e.